The normalized spacial score (nSPS) is 26.8. The summed E-state index contributed by atoms with van der Waals surface area (Å²) in [7, 11) is -4.04. The number of hydrogen-bond acceptors (Lipinski definition) is 8. The van der Waals surface area contributed by atoms with Crippen molar-refractivity contribution in [2.24, 2.45) is 0 Å². The highest BCUT2D eigenvalue weighted by Crippen LogP contribution is 2.37. The number of rotatable bonds is 6. The van der Waals surface area contributed by atoms with E-state index in [1.54, 1.807) is 26.0 Å². The lowest BCUT2D eigenvalue weighted by Gasteiger charge is -2.36. The van der Waals surface area contributed by atoms with Gasteiger partial charge in [-0.2, -0.15) is 21.6 Å². The molecule has 34 heavy (non-hydrogen) atoms. The van der Waals surface area contributed by atoms with Crippen LogP contribution in [0.1, 0.15) is 25.1 Å². The minimum absolute atomic E-state index is 0.00575. The summed E-state index contributed by atoms with van der Waals surface area (Å²) in [5, 5.41) is 0. The number of hydrogen-bond donors (Lipinski definition) is 0. The second-order valence-corrected chi connectivity index (χ2v) is 10.1. The van der Waals surface area contributed by atoms with E-state index in [0.29, 0.717) is 0 Å². The number of fused-ring (bicyclic) bond motifs is 1. The first-order valence-electron chi connectivity index (χ1n) is 10.5. The standard InChI is InChI=1S/C22H24F3NO7S/c1-13-7-9-14(10-8-13)34(27,28)30-12-15-19-20(33-21(2,3)32-19)16(11-29-15)31-18-6-4-5-17(26-18)22(23,24)25/h4-10,15-16,19-20H,11-12H2,1-3H3/t15-,16+,19+,20-/m1/s1. The molecule has 3 heterocycles. The lowest BCUT2D eigenvalue weighted by Crippen LogP contribution is -2.55. The van der Waals surface area contributed by atoms with E-state index < -0.39 is 52.2 Å². The van der Waals surface area contributed by atoms with Crippen LogP contribution in [0, 0.1) is 6.92 Å². The van der Waals surface area contributed by atoms with Gasteiger partial charge < -0.3 is 18.9 Å². The van der Waals surface area contributed by atoms with Crippen LogP contribution in [0.25, 0.3) is 0 Å². The molecule has 8 nitrogen and oxygen atoms in total. The van der Waals surface area contributed by atoms with Crippen LogP contribution >= 0.6 is 0 Å². The van der Waals surface area contributed by atoms with Crippen LogP contribution in [0.5, 0.6) is 5.88 Å². The van der Waals surface area contributed by atoms with E-state index in [2.05, 4.69) is 4.98 Å². The lowest BCUT2D eigenvalue weighted by atomic mass is 10.0. The van der Waals surface area contributed by atoms with Crippen LogP contribution in [0.15, 0.2) is 47.4 Å². The fourth-order valence-corrected chi connectivity index (χ4v) is 4.69. The van der Waals surface area contributed by atoms with E-state index in [9.17, 15) is 21.6 Å². The maximum Gasteiger partial charge on any atom is 0.433 e. The lowest BCUT2D eigenvalue weighted by molar-refractivity contribution is -0.156. The van der Waals surface area contributed by atoms with Gasteiger partial charge in [0.1, 0.15) is 24.0 Å². The largest absolute Gasteiger partial charge is 0.469 e. The molecule has 0 amide bonds. The van der Waals surface area contributed by atoms with Crippen molar-refractivity contribution in [3.8, 4) is 5.88 Å². The molecule has 0 aliphatic carbocycles. The van der Waals surface area contributed by atoms with Crippen molar-refractivity contribution in [3.05, 3.63) is 53.7 Å². The first kappa shape index (κ1) is 24.9. The molecule has 0 radical (unpaired) electrons. The van der Waals surface area contributed by atoms with Crippen molar-refractivity contribution < 1.29 is 44.7 Å². The predicted octanol–water partition coefficient (Wildman–Crippen LogP) is 3.48. The van der Waals surface area contributed by atoms with Gasteiger partial charge in [0.05, 0.1) is 18.1 Å². The number of nitrogens with zero attached hydrogens (tertiary/aromatic N) is 1. The molecular formula is C22H24F3NO7S. The van der Waals surface area contributed by atoms with E-state index in [-0.39, 0.29) is 24.0 Å². The summed E-state index contributed by atoms with van der Waals surface area (Å²) < 4.78 is 92.5. The van der Waals surface area contributed by atoms with Crippen molar-refractivity contribution in [1.29, 1.82) is 0 Å². The van der Waals surface area contributed by atoms with Crippen LogP contribution in [0.3, 0.4) is 0 Å². The third kappa shape index (κ3) is 5.52. The summed E-state index contributed by atoms with van der Waals surface area (Å²) in [5.41, 5.74) is -0.188. The number of pyridine rings is 1. The summed E-state index contributed by atoms with van der Waals surface area (Å²) in [6.07, 6.45) is -7.82. The van der Waals surface area contributed by atoms with Gasteiger partial charge in [-0.25, -0.2) is 4.98 Å². The SMILES string of the molecule is Cc1ccc(S(=O)(=O)OC[C@H]2OC[C@H](Oc3cccc(C(F)(F)F)n3)[C@H]3OC(C)(C)O[C@H]32)cc1. The third-order valence-corrected chi connectivity index (χ3v) is 6.65. The minimum Gasteiger partial charge on any atom is -0.469 e. The van der Waals surface area contributed by atoms with Gasteiger partial charge in [-0.05, 0) is 39.0 Å². The molecule has 0 N–H and O–H groups in total. The Morgan fingerprint density at radius 1 is 1.09 bits per heavy atom. The molecule has 12 heteroatoms. The summed E-state index contributed by atoms with van der Waals surface area (Å²) in [6, 6.07) is 9.53. The first-order chi connectivity index (χ1) is 15.8. The zero-order chi connectivity index (χ0) is 24.7. The van der Waals surface area contributed by atoms with Gasteiger partial charge in [-0.15, -0.1) is 0 Å². The number of alkyl halides is 3. The summed E-state index contributed by atoms with van der Waals surface area (Å²) >= 11 is 0. The molecule has 2 fully saturated rings. The average Bonchev–Trinajstić information content (AvgIpc) is 3.09. The molecule has 1 aromatic carbocycles. The molecule has 2 aromatic rings. The van der Waals surface area contributed by atoms with Crippen LogP contribution in [-0.4, -0.2) is 56.8 Å². The Hall–Kier alpha value is -2.25. The van der Waals surface area contributed by atoms with E-state index in [1.165, 1.54) is 24.3 Å². The minimum atomic E-state index is -4.62. The Kier molecular flexibility index (Phi) is 6.64. The maximum absolute atomic E-state index is 13.0. The molecule has 2 aliphatic rings. The van der Waals surface area contributed by atoms with Gasteiger partial charge in [0.2, 0.25) is 5.88 Å². The van der Waals surface area contributed by atoms with Gasteiger partial charge >= 0.3 is 6.18 Å². The highest BCUT2D eigenvalue weighted by molar-refractivity contribution is 7.86. The van der Waals surface area contributed by atoms with Crippen LogP contribution in [0.2, 0.25) is 0 Å². The first-order valence-corrected chi connectivity index (χ1v) is 11.9. The van der Waals surface area contributed by atoms with Crippen LogP contribution in [-0.2, 0) is 34.7 Å². The van der Waals surface area contributed by atoms with E-state index in [0.717, 1.165) is 11.6 Å². The van der Waals surface area contributed by atoms with Crippen molar-refractivity contribution >= 4 is 10.1 Å². The molecule has 0 saturated carbocycles. The molecule has 0 spiro atoms. The highest BCUT2D eigenvalue weighted by Gasteiger charge is 2.53. The molecular weight excluding hydrogens is 479 g/mol. The molecule has 1 aromatic heterocycles. The summed E-state index contributed by atoms with van der Waals surface area (Å²) in [4.78, 5) is 3.52. The van der Waals surface area contributed by atoms with Gasteiger partial charge in [0, 0.05) is 6.07 Å². The number of aryl methyl sites for hydroxylation is 1. The topological polar surface area (TPSA) is 93.2 Å². The second kappa shape index (κ2) is 9.08. The summed E-state index contributed by atoms with van der Waals surface area (Å²) in [6.45, 7) is 4.71. The van der Waals surface area contributed by atoms with Crippen molar-refractivity contribution in [2.45, 2.75) is 62.0 Å². The van der Waals surface area contributed by atoms with Gasteiger partial charge in [-0.3, -0.25) is 4.18 Å². The Morgan fingerprint density at radius 3 is 2.44 bits per heavy atom. The molecule has 0 unspecified atom stereocenters. The van der Waals surface area contributed by atoms with Crippen molar-refractivity contribution in [3.63, 3.8) is 0 Å². The van der Waals surface area contributed by atoms with E-state index in [1.807, 2.05) is 6.92 Å². The Bertz CT molecular complexity index is 1120. The Labute approximate surface area is 195 Å². The van der Waals surface area contributed by atoms with Crippen LogP contribution in [0.4, 0.5) is 13.2 Å². The molecule has 2 aliphatic heterocycles. The zero-order valence-corrected chi connectivity index (χ0v) is 19.4. The average molecular weight is 503 g/mol. The molecule has 4 atom stereocenters. The summed E-state index contributed by atoms with van der Waals surface area (Å²) in [5.74, 6) is -1.30. The van der Waals surface area contributed by atoms with Crippen molar-refractivity contribution in [1.82, 2.24) is 4.98 Å². The van der Waals surface area contributed by atoms with Gasteiger partial charge in [0.15, 0.2) is 11.9 Å². The van der Waals surface area contributed by atoms with Gasteiger partial charge in [0.25, 0.3) is 10.1 Å². The Morgan fingerprint density at radius 2 is 1.76 bits per heavy atom. The maximum atomic E-state index is 13.0. The zero-order valence-electron chi connectivity index (χ0n) is 18.6. The number of benzene rings is 1. The van der Waals surface area contributed by atoms with Gasteiger partial charge in [-0.1, -0.05) is 23.8 Å². The third-order valence-electron chi connectivity index (χ3n) is 5.35. The molecule has 2 saturated heterocycles. The Balaban J connectivity index is 1.47. The molecule has 186 valence electrons. The molecule has 0 bridgehead atoms. The number of aromatic nitrogens is 1. The van der Waals surface area contributed by atoms with Crippen LogP contribution < -0.4 is 4.74 Å². The fraction of sp³-hybridized carbons (Fsp3) is 0.500. The van der Waals surface area contributed by atoms with Crippen molar-refractivity contribution in [2.75, 3.05) is 13.2 Å². The smallest absolute Gasteiger partial charge is 0.433 e. The quantitative estimate of drug-likeness (QED) is 0.554. The van der Waals surface area contributed by atoms with E-state index in [4.69, 9.17) is 23.1 Å². The second-order valence-electron chi connectivity index (χ2n) is 8.50. The predicted molar refractivity (Wildman–Crippen MR) is 112 cm³/mol. The van der Waals surface area contributed by atoms with E-state index >= 15 is 0 Å². The monoisotopic (exact) mass is 503 g/mol. The number of ether oxygens (including phenoxy) is 4. The fourth-order valence-electron chi connectivity index (χ4n) is 3.77. The highest BCUT2D eigenvalue weighted by atomic mass is 32.2. The number of halogens is 3. The molecule has 4 rings (SSSR count).